The molecule has 0 aliphatic heterocycles. The van der Waals surface area contributed by atoms with Gasteiger partial charge in [0.25, 0.3) is 5.91 Å². The maximum atomic E-state index is 13.0. The van der Waals surface area contributed by atoms with E-state index in [1.807, 2.05) is 0 Å². The maximum Gasteiger partial charge on any atom is 0.339 e. The van der Waals surface area contributed by atoms with Gasteiger partial charge in [-0.1, -0.05) is 30.3 Å². The van der Waals surface area contributed by atoms with E-state index in [0.717, 1.165) is 0 Å². The molecule has 3 aromatic rings. The molecule has 8 nitrogen and oxygen atoms in total. The summed E-state index contributed by atoms with van der Waals surface area (Å²) in [6, 6.07) is 23.2. The molecule has 33 heavy (non-hydrogen) atoms. The van der Waals surface area contributed by atoms with Gasteiger partial charge in [0.1, 0.15) is 12.2 Å². The first-order chi connectivity index (χ1) is 16.0. The Kier molecular flexibility index (Phi) is 7.76. The lowest BCUT2D eigenvalue weighted by Crippen LogP contribution is -2.26. The molecular weight excluding hydrogens is 422 g/mol. The van der Waals surface area contributed by atoms with Crippen LogP contribution in [0.2, 0.25) is 0 Å². The van der Waals surface area contributed by atoms with Crippen molar-refractivity contribution in [3.8, 4) is 11.8 Å². The van der Waals surface area contributed by atoms with E-state index < -0.39 is 23.9 Å². The molecule has 0 saturated carbocycles. The Morgan fingerprint density at radius 2 is 1.48 bits per heavy atom. The summed E-state index contributed by atoms with van der Waals surface area (Å²) in [4.78, 5) is 37.3. The van der Waals surface area contributed by atoms with Gasteiger partial charge in [0.15, 0.2) is 0 Å². The van der Waals surface area contributed by atoms with Crippen LogP contribution in [-0.2, 0) is 14.3 Å². The zero-order valence-electron chi connectivity index (χ0n) is 17.8. The van der Waals surface area contributed by atoms with Crippen molar-refractivity contribution < 1.29 is 23.9 Å². The minimum absolute atomic E-state index is 0.200. The first-order valence-electron chi connectivity index (χ1n) is 9.98. The van der Waals surface area contributed by atoms with Crippen molar-refractivity contribution >= 4 is 29.2 Å². The third-order valence-corrected chi connectivity index (χ3v) is 4.57. The van der Waals surface area contributed by atoms with E-state index in [-0.39, 0.29) is 12.0 Å². The van der Waals surface area contributed by atoms with Crippen LogP contribution in [0, 0.1) is 11.3 Å². The Balaban J connectivity index is 1.74. The summed E-state index contributed by atoms with van der Waals surface area (Å²) in [5.74, 6) is -1.03. The number of nitrogens with one attached hydrogen (secondary N) is 2. The standard InChI is InChI=1S/C25H21N3O5/c1-32-21-13-11-20(12-14-21)28-24(30)23(17-5-3-2-4-6-17)33-25(31)18-7-9-19(10-8-18)27-22(29)15-16-26/h2-14,23H,15H2,1H3,(H,27,29)(H,28,30). The van der Waals surface area contributed by atoms with Gasteiger partial charge in [0, 0.05) is 16.9 Å². The highest BCUT2D eigenvalue weighted by Gasteiger charge is 2.26. The lowest BCUT2D eigenvalue weighted by Gasteiger charge is -2.18. The summed E-state index contributed by atoms with van der Waals surface area (Å²) in [6.07, 6.45) is -1.46. The van der Waals surface area contributed by atoms with Crippen LogP contribution in [-0.4, -0.2) is 24.9 Å². The van der Waals surface area contributed by atoms with Crippen molar-refractivity contribution in [2.24, 2.45) is 0 Å². The normalized spacial score (nSPS) is 10.9. The number of ether oxygens (including phenoxy) is 2. The van der Waals surface area contributed by atoms with Crippen molar-refractivity contribution in [1.29, 1.82) is 5.26 Å². The molecule has 0 bridgehead atoms. The summed E-state index contributed by atoms with van der Waals surface area (Å²) < 4.78 is 10.7. The molecule has 0 saturated heterocycles. The number of anilines is 2. The van der Waals surface area contributed by atoms with Crippen LogP contribution in [0.5, 0.6) is 5.75 Å². The number of amides is 2. The molecule has 3 rings (SSSR count). The van der Waals surface area contributed by atoms with E-state index >= 15 is 0 Å². The van der Waals surface area contributed by atoms with Crippen molar-refractivity contribution in [1.82, 2.24) is 0 Å². The molecule has 2 N–H and O–H groups in total. The molecule has 166 valence electrons. The number of carbonyl (C=O) groups is 3. The van der Waals surface area contributed by atoms with Gasteiger partial charge < -0.3 is 20.1 Å². The van der Waals surface area contributed by atoms with Crippen LogP contribution < -0.4 is 15.4 Å². The first-order valence-corrected chi connectivity index (χ1v) is 9.98. The predicted molar refractivity (Wildman–Crippen MR) is 122 cm³/mol. The molecule has 0 radical (unpaired) electrons. The van der Waals surface area contributed by atoms with Gasteiger partial charge in [0.05, 0.1) is 18.7 Å². The van der Waals surface area contributed by atoms with E-state index in [1.54, 1.807) is 67.8 Å². The number of hydrogen-bond donors (Lipinski definition) is 2. The molecule has 1 unspecified atom stereocenters. The van der Waals surface area contributed by atoms with Crippen molar-refractivity contribution in [2.75, 3.05) is 17.7 Å². The number of rotatable bonds is 8. The van der Waals surface area contributed by atoms with Crippen LogP contribution in [0.4, 0.5) is 11.4 Å². The molecule has 0 heterocycles. The maximum absolute atomic E-state index is 13.0. The Labute approximate surface area is 190 Å². The van der Waals surface area contributed by atoms with Gasteiger partial charge in [-0.15, -0.1) is 0 Å². The highest BCUT2D eigenvalue weighted by Crippen LogP contribution is 2.23. The quantitative estimate of drug-likeness (QED) is 0.507. The second-order valence-corrected chi connectivity index (χ2v) is 6.87. The fourth-order valence-electron chi connectivity index (χ4n) is 2.92. The Morgan fingerprint density at radius 1 is 0.879 bits per heavy atom. The van der Waals surface area contributed by atoms with Crippen LogP contribution in [0.3, 0.4) is 0 Å². The molecule has 0 aromatic heterocycles. The van der Waals surface area contributed by atoms with Crippen molar-refractivity contribution in [2.45, 2.75) is 12.5 Å². The second kappa shape index (κ2) is 11.1. The number of hydrogen-bond acceptors (Lipinski definition) is 6. The fourth-order valence-corrected chi connectivity index (χ4v) is 2.92. The molecule has 0 aliphatic rings. The van der Waals surface area contributed by atoms with Gasteiger partial charge >= 0.3 is 5.97 Å². The van der Waals surface area contributed by atoms with E-state index in [9.17, 15) is 14.4 Å². The topological polar surface area (TPSA) is 118 Å². The Hall–Kier alpha value is -4.64. The minimum Gasteiger partial charge on any atom is -0.497 e. The molecule has 2 amide bonds. The van der Waals surface area contributed by atoms with E-state index in [0.29, 0.717) is 22.7 Å². The number of nitriles is 1. The van der Waals surface area contributed by atoms with Gasteiger partial charge in [-0.25, -0.2) is 4.79 Å². The number of esters is 1. The smallest absolute Gasteiger partial charge is 0.339 e. The molecular formula is C25H21N3O5. The zero-order valence-corrected chi connectivity index (χ0v) is 17.8. The third-order valence-electron chi connectivity index (χ3n) is 4.57. The molecule has 3 aromatic carbocycles. The average molecular weight is 443 g/mol. The Bertz CT molecular complexity index is 1150. The minimum atomic E-state index is -1.18. The average Bonchev–Trinajstić information content (AvgIpc) is 2.84. The molecule has 0 fully saturated rings. The summed E-state index contributed by atoms with van der Waals surface area (Å²) in [5, 5.41) is 13.8. The van der Waals surface area contributed by atoms with E-state index in [1.165, 1.54) is 24.3 Å². The van der Waals surface area contributed by atoms with Crippen LogP contribution in [0.1, 0.15) is 28.4 Å². The van der Waals surface area contributed by atoms with E-state index in [2.05, 4.69) is 10.6 Å². The summed E-state index contributed by atoms with van der Waals surface area (Å²) in [7, 11) is 1.55. The highest BCUT2D eigenvalue weighted by atomic mass is 16.5. The number of methoxy groups -OCH3 is 1. The van der Waals surface area contributed by atoms with Crippen molar-refractivity contribution in [3.05, 3.63) is 90.0 Å². The monoisotopic (exact) mass is 443 g/mol. The molecule has 0 aliphatic carbocycles. The SMILES string of the molecule is COc1ccc(NC(=O)C(OC(=O)c2ccc(NC(=O)CC#N)cc2)c2ccccc2)cc1. The van der Waals surface area contributed by atoms with Gasteiger partial charge in [-0.2, -0.15) is 5.26 Å². The molecule has 8 heteroatoms. The highest BCUT2D eigenvalue weighted by molar-refractivity contribution is 5.98. The van der Waals surface area contributed by atoms with Crippen LogP contribution >= 0.6 is 0 Å². The number of nitrogens with zero attached hydrogens (tertiary/aromatic N) is 1. The predicted octanol–water partition coefficient (Wildman–Crippen LogP) is 4.08. The van der Waals surface area contributed by atoms with Gasteiger partial charge in [-0.05, 0) is 48.5 Å². The Morgan fingerprint density at radius 3 is 2.09 bits per heavy atom. The lowest BCUT2D eigenvalue weighted by molar-refractivity contribution is -0.125. The number of carbonyl (C=O) groups excluding carboxylic acids is 3. The van der Waals surface area contributed by atoms with Crippen molar-refractivity contribution in [3.63, 3.8) is 0 Å². The largest absolute Gasteiger partial charge is 0.497 e. The fraction of sp³-hybridized carbons (Fsp3) is 0.120. The third kappa shape index (κ3) is 6.42. The van der Waals surface area contributed by atoms with Gasteiger partial charge in [0.2, 0.25) is 12.0 Å². The van der Waals surface area contributed by atoms with Crippen LogP contribution in [0.25, 0.3) is 0 Å². The summed E-state index contributed by atoms with van der Waals surface area (Å²) in [5.41, 5.74) is 1.67. The number of benzene rings is 3. The first kappa shape index (κ1) is 23.0. The van der Waals surface area contributed by atoms with Gasteiger partial charge in [-0.3, -0.25) is 9.59 Å². The lowest BCUT2D eigenvalue weighted by atomic mass is 10.1. The molecule has 1 atom stereocenters. The zero-order chi connectivity index (χ0) is 23.6. The summed E-state index contributed by atoms with van der Waals surface area (Å²) in [6.45, 7) is 0. The summed E-state index contributed by atoms with van der Waals surface area (Å²) >= 11 is 0. The van der Waals surface area contributed by atoms with E-state index in [4.69, 9.17) is 14.7 Å². The second-order valence-electron chi connectivity index (χ2n) is 6.87. The van der Waals surface area contributed by atoms with Crippen LogP contribution in [0.15, 0.2) is 78.9 Å². The molecule has 0 spiro atoms.